The molecule has 0 aliphatic carbocycles. The number of carbonyl (C=O) groups excluding carboxylic acids is 2. The second-order valence-electron chi connectivity index (χ2n) is 6.67. The van der Waals surface area contributed by atoms with Crippen molar-refractivity contribution in [1.29, 1.82) is 0 Å². The number of carbonyl (C=O) groups is 2. The molecule has 0 aliphatic rings. The third kappa shape index (κ3) is 5.90. The Morgan fingerprint density at radius 2 is 1.72 bits per heavy atom. The summed E-state index contributed by atoms with van der Waals surface area (Å²) in [6.45, 7) is 0.441. The Hall–Kier alpha value is -3.18. The average molecular weight is 408 g/mol. The number of aromatic nitrogens is 1. The molecule has 0 unspecified atom stereocenters. The van der Waals surface area contributed by atoms with Crippen LogP contribution in [0.1, 0.15) is 27.9 Å². The van der Waals surface area contributed by atoms with Crippen molar-refractivity contribution in [3.05, 3.63) is 94.8 Å². The van der Waals surface area contributed by atoms with E-state index in [1.165, 1.54) is 0 Å². The van der Waals surface area contributed by atoms with Crippen LogP contribution < -0.4 is 10.2 Å². The van der Waals surface area contributed by atoms with E-state index in [0.29, 0.717) is 30.0 Å². The lowest BCUT2D eigenvalue weighted by Crippen LogP contribution is -2.26. The fraction of sp³-hybridized carbons (Fsp3) is 0.174. The Bertz CT molecular complexity index is 975. The molecule has 0 aliphatic heterocycles. The summed E-state index contributed by atoms with van der Waals surface area (Å²) in [5.41, 5.74) is 3.37. The first-order valence-electron chi connectivity index (χ1n) is 9.31. The van der Waals surface area contributed by atoms with Gasteiger partial charge in [-0.2, -0.15) is 0 Å². The van der Waals surface area contributed by atoms with E-state index in [1.54, 1.807) is 36.5 Å². The lowest BCUT2D eigenvalue weighted by atomic mass is 10.1. The minimum atomic E-state index is -0.102. The Kier molecular flexibility index (Phi) is 6.98. The van der Waals surface area contributed by atoms with E-state index >= 15 is 0 Å². The second-order valence-corrected chi connectivity index (χ2v) is 7.11. The van der Waals surface area contributed by atoms with Crippen LogP contribution in [0.4, 0.5) is 5.69 Å². The van der Waals surface area contributed by atoms with Crippen LogP contribution in [0.5, 0.6) is 0 Å². The maximum atomic E-state index is 12.5. The van der Waals surface area contributed by atoms with Gasteiger partial charge in [0.15, 0.2) is 0 Å². The van der Waals surface area contributed by atoms with E-state index in [9.17, 15) is 9.59 Å². The van der Waals surface area contributed by atoms with Crippen LogP contribution in [-0.4, -0.2) is 23.8 Å². The van der Waals surface area contributed by atoms with Gasteiger partial charge in [0.2, 0.25) is 5.91 Å². The van der Waals surface area contributed by atoms with Crippen LogP contribution >= 0.6 is 11.6 Å². The summed E-state index contributed by atoms with van der Waals surface area (Å²) in [4.78, 5) is 30.1. The largest absolute Gasteiger partial charge is 0.352 e. The number of benzene rings is 2. The zero-order valence-corrected chi connectivity index (χ0v) is 16.9. The molecule has 0 spiro atoms. The van der Waals surface area contributed by atoms with Crippen molar-refractivity contribution in [2.45, 2.75) is 19.4 Å². The Morgan fingerprint density at radius 1 is 1.00 bits per heavy atom. The van der Waals surface area contributed by atoms with Gasteiger partial charge in [0.25, 0.3) is 5.91 Å². The highest BCUT2D eigenvalue weighted by Gasteiger charge is 2.13. The minimum absolute atomic E-state index is 0.0148. The molecule has 1 aromatic heterocycles. The molecule has 0 bridgehead atoms. The van der Waals surface area contributed by atoms with Gasteiger partial charge in [0, 0.05) is 48.7 Å². The maximum absolute atomic E-state index is 12.5. The average Bonchev–Trinajstić information content (AvgIpc) is 2.76. The molecule has 1 heterocycles. The molecular weight excluding hydrogens is 386 g/mol. The fourth-order valence-electron chi connectivity index (χ4n) is 2.88. The van der Waals surface area contributed by atoms with Crippen molar-refractivity contribution in [2.24, 2.45) is 0 Å². The van der Waals surface area contributed by atoms with E-state index in [-0.39, 0.29) is 11.8 Å². The third-order valence-corrected chi connectivity index (χ3v) is 4.81. The lowest BCUT2D eigenvalue weighted by molar-refractivity contribution is -0.121. The summed E-state index contributed by atoms with van der Waals surface area (Å²) in [6.07, 6.45) is 4.24. The number of aryl methyl sites for hydroxylation is 1. The normalized spacial score (nSPS) is 10.4. The second kappa shape index (κ2) is 9.85. The number of rotatable bonds is 7. The number of hydrogen-bond donors (Lipinski definition) is 1. The minimum Gasteiger partial charge on any atom is -0.352 e. The van der Waals surface area contributed by atoms with Crippen LogP contribution in [0, 0.1) is 0 Å². The molecule has 0 fully saturated rings. The standard InChI is InChI=1S/C23H22ClN3O2/c1-27(23(29)19-11-13-25-14-12-19)21-8-5-18(6-9-21)16-26-22(28)10-7-17-3-2-4-20(24)15-17/h2-6,8-9,11-15H,7,10,16H2,1H3,(H,26,28). The van der Waals surface area contributed by atoms with Crippen LogP contribution in [-0.2, 0) is 17.8 Å². The van der Waals surface area contributed by atoms with Gasteiger partial charge in [-0.3, -0.25) is 14.6 Å². The molecular formula is C23H22ClN3O2. The summed E-state index contributed by atoms with van der Waals surface area (Å²) in [6, 6.07) is 18.5. The van der Waals surface area contributed by atoms with Crippen molar-refractivity contribution >= 4 is 29.1 Å². The zero-order valence-electron chi connectivity index (χ0n) is 16.1. The number of hydrogen-bond acceptors (Lipinski definition) is 3. The molecule has 1 N–H and O–H groups in total. The van der Waals surface area contributed by atoms with Gasteiger partial charge >= 0.3 is 0 Å². The highest BCUT2D eigenvalue weighted by atomic mass is 35.5. The molecule has 3 aromatic rings. The molecule has 0 radical (unpaired) electrons. The number of amides is 2. The Labute approximate surface area is 175 Å². The van der Waals surface area contributed by atoms with Gasteiger partial charge in [-0.05, 0) is 53.9 Å². The highest BCUT2D eigenvalue weighted by molar-refractivity contribution is 6.30. The van der Waals surface area contributed by atoms with E-state index in [4.69, 9.17) is 11.6 Å². The van der Waals surface area contributed by atoms with Crippen molar-refractivity contribution < 1.29 is 9.59 Å². The Balaban J connectivity index is 1.50. The lowest BCUT2D eigenvalue weighted by Gasteiger charge is -2.17. The first kappa shape index (κ1) is 20.6. The highest BCUT2D eigenvalue weighted by Crippen LogP contribution is 2.17. The maximum Gasteiger partial charge on any atom is 0.258 e. The van der Waals surface area contributed by atoms with Gasteiger partial charge in [-0.25, -0.2) is 0 Å². The summed E-state index contributed by atoms with van der Waals surface area (Å²) < 4.78 is 0. The van der Waals surface area contributed by atoms with Crippen LogP contribution in [0.15, 0.2) is 73.1 Å². The molecule has 5 nitrogen and oxygen atoms in total. The van der Waals surface area contributed by atoms with Gasteiger partial charge in [0.05, 0.1) is 0 Å². The van der Waals surface area contributed by atoms with E-state index in [2.05, 4.69) is 10.3 Å². The summed E-state index contributed by atoms with van der Waals surface area (Å²) >= 11 is 5.96. The van der Waals surface area contributed by atoms with Gasteiger partial charge in [-0.15, -0.1) is 0 Å². The van der Waals surface area contributed by atoms with Gasteiger partial charge in [0.1, 0.15) is 0 Å². The first-order valence-corrected chi connectivity index (χ1v) is 9.69. The monoisotopic (exact) mass is 407 g/mol. The van der Waals surface area contributed by atoms with Gasteiger partial charge in [-0.1, -0.05) is 35.9 Å². The van der Waals surface area contributed by atoms with Crippen molar-refractivity contribution in [3.8, 4) is 0 Å². The van der Waals surface area contributed by atoms with Crippen LogP contribution in [0.3, 0.4) is 0 Å². The molecule has 2 amide bonds. The molecule has 29 heavy (non-hydrogen) atoms. The Morgan fingerprint density at radius 3 is 2.41 bits per heavy atom. The summed E-state index contributed by atoms with van der Waals surface area (Å²) in [5, 5.41) is 3.60. The number of nitrogens with zero attached hydrogens (tertiary/aromatic N) is 2. The SMILES string of the molecule is CN(C(=O)c1ccncc1)c1ccc(CNC(=O)CCc2cccc(Cl)c2)cc1. The molecule has 6 heteroatoms. The number of pyridine rings is 1. The zero-order chi connectivity index (χ0) is 20.6. The van der Waals surface area contributed by atoms with Crippen molar-refractivity contribution in [3.63, 3.8) is 0 Å². The van der Waals surface area contributed by atoms with Gasteiger partial charge < -0.3 is 10.2 Å². The molecule has 3 rings (SSSR count). The summed E-state index contributed by atoms with van der Waals surface area (Å²) in [5.74, 6) is -0.117. The smallest absolute Gasteiger partial charge is 0.258 e. The fourth-order valence-corrected chi connectivity index (χ4v) is 3.10. The van der Waals surface area contributed by atoms with Crippen molar-refractivity contribution in [1.82, 2.24) is 10.3 Å². The number of anilines is 1. The first-order chi connectivity index (χ1) is 14.0. The van der Waals surface area contributed by atoms with Crippen LogP contribution in [0.2, 0.25) is 5.02 Å². The number of nitrogens with one attached hydrogen (secondary N) is 1. The summed E-state index contributed by atoms with van der Waals surface area (Å²) in [7, 11) is 1.73. The van der Waals surface area contributed by atoms with Crippen LogP contribution in [0.25, 0.3) is 0 Å². The topological polar surface area (TPSA) is 62.3 Å². The van der Waals surface area contributed by atoms with E-state index in [1.807, 2.05) is 48.5 Å². The molecule has 0 atom stereocenters. The third-order valence-electron chi connectivity index (χ3n) is 4.57. The number of halogens is 1. The molecule has 0 saturated heterocycles. The van der Waals surface area contributed by atoms with E-state index < -0.39 is 0 Å². The predicted octanol–water partition coefficient (Wildman–Crippen LogP) is 4.26. The quantitative estimate of drug-likeness (QED) is 0.636. The molecule has 2 aromatic carbocycles. The molecule has 0 saturated carbocycles. The van der Waals surface area contributed by atoms with E-state index in [0.717, 1.165) is 16.8 Å². The molecule has 148 valence electrons. The predicted molar refractivity (Wildman–Crippen MR) is 115 cm³/mol. The van der Waals surface area contributed by atoms with Crippen molar-refractivity contribution in [2.75, 3.05) is 11.9 Å².